The first-order valence-electron chi connectivity index (χ1n) is 4.01. The molecule has 0 amide bonds. The second-order valence-corrected chi connectivity index (χ2v) is 2.31. The van der Waals surface area contributed by atoms with Gasteiger partial charge >= 0.3 is 6.11 Å². The van der Waals surface area contributed by atoms with Crippen molar-refractivity contribution in [1.29, 1.82) is 0 Å². The molecule has 5 nitrogen and oxygen atoms in total. The number of hydrogen-bond acceptors (Lipinski definition) is 5. The Bertz CT molecular complexity index is 133. The van der Waals surface area contributed by atoms with Gasteiger partial charge in [0.15, 0.2) is 6.79 Å². The smallest absolute Gasteiger partial charge is 0.380 e. The second-order valence-electron chi connectivity index (χ2n) is 2.31. The maximum absolute atomic E-state index is 12.6. The molecule has 0 atom stereocenters. The number of hydrogen-bond donors (Lipinski definition) is 2. The zero-order valence-corrected chi connectivity index (χ0v) is 7.62. The fourth-order valence-corrected chi connectivity index (χ4v) is 0.549. The lowest BCUT2D eigenvalue weighted by atomic mass is 10.6. The summed E-state index contributed by atoms with van der Waals surface area (Å²) in [6.45, 7) is -2.36. The van der Waals surface area contributed by atoms with Gasteiger partial charge in [0, 0.05) is 0 Å². The molecular weight excluding hydrogens is 202 g/mol. The van der Waals surface area contributed by atoms with Crippen LogP contribution in [-0.4, -0.2) is 56.1 Å². The molecule has 0 heterocycles. The Balaban J connectivity index is 3.40. The molecule has 0 spiro atoms. The van der Waals surface area contributed by atoms with Gasteiger partial charge in [0.2, 0.25) is 0 Å². The van der Waals surface area contributed by atoms with Crippen molar-refractivity contribution in [2.24, 2.45) is 0 Å². The molecule has 0 aliphatic carbocycles. The molecule has 0 saturated carbocycles. The Kier molecular flexibility index (Phi) is 7.81. The average Bonchev–Trinajstić information content (AvgIpc) is 2.13. The van der Waals surface area contributed by atoms with Crippen molar-refractivity contribution in [3.63, 3.8) is 0 Å². The number of aliphatic hydroxyl groups excluding tert-OH is 2. The third-order valence-electron chi connectivity index (χ3n) is 1.09. The summed E-state index contributed by atoms with van der Waals surface area (Å²) in [6.07, 6.45) is -3.44. The van der Waals surface area contributed by atoms with Gasteiger partial charge in [0.1, 0.15) is 6.61 Å². The van der Waals surface area contributed by atoms with Gasteiger partial charge in [-0.05, 0) is 0 Å². The van der Waals surface area contributed by atoms with Crippen LogP contribution in [0.2, 0.25) is 0 Å². The first-order chi connectivity index (χ1) is 6.62. The van der Waals surface area contributed by atoms with E-state index in [2.05, 4.69) is 14.2 Å². The second kappa shape index (κ2) is 8.01. The predicted octanol–water partition coefficient (Wildman–Crippen LogP) is -0.429. The van der Waals surface area contributed by atoms with Crippen molar-refractivity contribution in [3.05, 3.63) is 0 Å². The summed E-state index contributed by atoms with van der Waals surface area (Å²) in [5.74, 6) is 0. The van der Waals surface area contributed by atoms with Gasteiger partial charge in [-0.15, -0.1) is 0 Å². The van der Waals surface area contributed by atoms with Crippen LogP contribution in [0.15, 0.2) is 0 Å². The summed E-state index contributed by atoms with van der Waals surface area (Å²) < 4.78 is 38.1. The molecule has 0 rings (SSSR count). The molecule has 2 N–H and O–H groups in total. The molecule has 0 bridgehead atoms. The number of halogens is 2. The molecule has 0 radical (unpaired) electrons. The summed E-state index contributed by atoms with van der Waals surface area (Å²) >= 11 is 0. The van der Waals surface area contributed by atoms with Gasteiger partial charge in [-0.2, -0.15) is 8.78 Å². The van der Waals surface area contributed by atoms with Crippen molar-refractivity contribution in [2.75, 3.05) is 39.8 Å². The molecule has 0 aromatic carbocycles. The van der Waals surface area contributed by atoms with Crippen LogP contribution in [0.3, 0.4) is 0 Å². The topological polar surface area (TPSA) is 68.2 Å². The highest BCUT2D eigenvalue weighted by molar-refractivity contribution is 4.48. The van der Waals surface area contributed by atoms with Crippen LogP contribution in [0.5, 0.6) is 0 Å². The van der Waals surface area contributed by atoms with Crippen LogP contribution >= 0.6 is 0 Å². The molecule has 0 saturated heterocycles. The number of aliphatic hydroxyl groups is 2. The molecule has 0 aromatic heterocycles. The lowest BCUT2D eigenvalue weighted by molar-refractivity contribution is -0.296. The fourth-order valence-electron chi connectivity index (χ4n) is 0.549. The number of alkyl halides is 2. The molecule has 0 aliphatic heterocycles. The van der Waals surface area contributed by atoms with Crippen molar-refractivity contribution >= 4 is 0 Å². The Labute approximate surface area is 80.2 Å². The minimum atomic E-state index is -3.44. The number of ether oxygens (including phenoxy) is 3. The monoisotopic (exact) mass is 216 g/mol. The highest BCUT2D eigenvalue weighted by Gasteiger charge is 2.30. The van der Waals surface area contributed by atoms with E-state index in [1.54, 1.807) is 0 Å². The molecule has 0 unspecified atom stereocenters. The lowest BCUT2D eigenvalue weighted by Gasteiger charge is -2.16. The summed E-state index contributed by atoms with van der Waals surface area (Å²) in [5.41, 5.74) is 0. The quantitative estimate of drug-likeness (QED) is 0.404. The van der Waals surface area contributed by atoms with Crippen molar-refractivity contribution in [2.45, 2.75) is 6.11 Å². The van der Waals surface area contributed by atoms with Crippen LogP contribution in [0.4, 0.5) is 8.78 Å². The van der Waals surface area contributed by atoms with Crippen molar-refractivity contribution in [3.8, 4) is 0 Å². The zero-order valence-electron chi connectivity index (χ0n) is 7.62. The number of rotatable bonds is 9. The fraction of sp³-hybridized carbons (Fsp3) is 1.00. The highest BCUT2D eigenvalue weighted by atomic mass is 19.3. The third kappa shape index (κ3) is 8.27. The lowest BCUT2D eigenvalue weighted by Crippen LogP contribution is -2.29. The van der Waals surface area contributed by atoms with Crippen molar-refractivity contribution < 1.29 is 33.2 Å². The Hall–Kier alpha value is -0.340. The maximum atomic E-state index is 12.6. The Morgan fingerprint density at radius 3 is 2.14 bits per heavy atom. The molecule has 0 aromatic rings. The van der Waals surface area contributed by atoms with E-state index in [-0.39, 0.29) is 26.4 Å². The Morgan fingerprint density at radius 2 is 1.57 bits per heavy atom. The predicted molar refractivity (Wildman–Crippen MR) is 41.8 cm³/mol. The first kappa shape index (κ1) is 13.7. The van der Waals surface area contributed by atoms with E-state index < -0.39 is 19.5 Å². The molecular formula is C7H14F2O5. The zero-order chi connectivity index (χ0) is 10.9. The van der Waals surface area contributed by atoms with Gasteiger partial charge in [-0.1, -0.05) is 0 Å². The Morgan fingerprint density at radius 1 is 1.00 bits per heavy atom. The molecule has 86 valence electrons. The minimum Gasteiger partial charge on any atom is -0.394 e. The summed E-state index contributed by atoms with van der Waals surface area (Å²) in [7, 11) is 0. The molecule has 14 heavy (non-hydrogen) atoms. The largest absolute Gasteiger partial charge is 0.394 e. The molecule has 7 heteroatoms. The molecule has 0 fully saturated rings. The van der Waals surface area contributed by atoms with Gasteiger partial charge in [0.05, 0.1) is 26.4 Å². The summed E-state index contributed by atoms with van der Waals surface area (Å²) in [5, 5.41) is 16.5. The van der Waals surface area contributed by atoms with E-state index in [1.807, 2.05) is 0 Å². The van der Waals surface area contributed by atoms with E-state index in [4.69, 9.17) is 10.2 Å². The third-order valence-corrected chi connectivity index (χ3v) is 1.09. The highest BCUT2D eigenvalue weighted by Crippen LogP contribution is 2.15. The maximum Gasteiger partial charge on any atom is 0.380 e. The van der Waals surface area contributed by atoms with Gasteiger partial charge in [-0.25, -0.2) is 0 Å². The van der Waals surface area contributed by atoms with E-state index in [9.17, 15) is 8.78 Å². The minimum absolute atomic E-state index is 0.0619. The van der Waals surface area contributed by atoms with E-state index in [1.165, 1.54) is 0 Å². The van der Waals surface area contributed by atoms with E-state index in [0.29, 0.717) is 0 Å². The molecule has 0 aliphatic rings. The normalized spacial score (nSPS) is 12.0. The average molecular weight is 216 g/mol. The van der Waals surface area contributed by atoms with Crippen LogP contribution < -0.4 is 0 Å². The summed E-state index contributed by atoms with van der Waals surface area (Å²) in [6, 6.07) is 0. The SMILES string of the molecule is OCCOCOC(F)(F)COCCO. The van der Waals surface area contributed by atoms with E-state index in [0.717, 1.165) is 0 Å². The van der Waals surface area contributed by atoms with Gasteiger partial charge < -0.3 is 19.7 Å². The van der Waals surface area contributed by atoms with Crippen LogP contribution in [0.1, 0.15) is 0 Å². The first-order valence-corrected chi connectivity index (χ1v) is 4.01. The van der Waals surface area contributed by atoms with Crippen LogP contribution in [0, 0.1) is 0 Å². The van der Waals surface area contributed by atoms with Crippen LogP contribution in [0.25, 0.3) is 0 Å². The van der Waals surface area contributed by atoms with Gasteiger partial charge in [-0.3, -0.25) is 4.74 Å². The van der Waals surface area contributed by atoms with Crippen molar-refractivity contribution in [1.82, 2.24) is 0 Å². The summed E-state index contributed by atoms with van der Waals surface area (Å²) in [4.78, 5) is 0. The standard InChI is InChI=1S/C7H14F2O5/c8-7(9,5-12-3-1-10)14-6-13-4-2-11/h10-11H,1-6H2. The van der Waals surface area contributed by atoms with Crippen LogP contribution in [-0.2, 0) is 14.2 Å². The van der Waals surface area contributed by atoms with Gasteiger partial charge in [0.25, 0.3) is 0 Å². The van der Waals surface area contributed by atoms with E-state index >= 15 is 0 Å².